The number of piperidine rings is 1. The van der Waals surface area contributed by atoms with Crippen LogP contribution in [0.2, 0.25) is 0 Å². The zero-order valence-corrected chi connectivity index (χ0v) is 10.2. The molecule has 17 heavy (non-hydrogen) atoms. The molecule has 92 valence electrons. The summed E-state index contributed by atoms with van der Waals surface area (Å²) in [6, 6.07) is 6.86. The molecule has 1 saturated heterocycles. The number of hydrogen-bond donors (Lipinski definition) is 0. The zero-order valence-electron chi connectivity index (χ0n) is 10.2. The SMILES string of the molecule is CC1CCN(C(=O)c2cccc(CF)c2)CC1. The van der Waals surface area contributed by atoms with Crippen LogP contribution in [0.15, 0.2) is 24.3 Å². The average molecular weight is 235 g/mol. The Hall–Kier alpha value is -1.38. The third-order valence-corrected chi connectivity index (χ3v) is 3.40. The molecular weight excluding hydrogens is 217 g/mol. The highest BCUT2D eigenvalue weighted by molar-refractivity contribution is 5.94. The molecule has 0 spiro atoms. The van der Waals surface area contributed by atoms with Crippen molar-refractivity contribution in [3.8, 4) is 0 Å². The van der Waals surface area contributed by atoms with Gasteiger partial charge in [0, 0.05) is 18.7 Å². The standard InChI is InChI=1S/C14H18FNO/c1-11-5-7-16(8-6-11)14(17)13-4-2-3-12(9-13)10-15/h2-4,9,11H,5-8,10H2,1H3. The molecule has 0 atom stereocenters. The van der Waals surface area contributed by atoms with E-state index < -0.39 is 6.67 Å². The number of amides is 1. The second-order valence-electron chi connectivity index (χ2n) is 4.81. The van der Waals surface area contributed by atoms with Gasteiger partial charge in [0.15, 0.2) is 0 Å². The molecule has 0 N–H and O–H groups in total. The number of halogens is 1. The Morgan fingerprint density at radius 2 is 2.12 bits per heavy atom. The molecule has 1 amide bonds. The maximum absolute atomic E-state index is 12.5. The summed E-state index contributed by atoms with van der Waals surface area (Å²) in [5.74, 6) is 0.739. The van der Waals surface area contributed by atoms with Crippen molar-refractivity contribution in [1.29, 1.82) is 0 Å². The van der Waals surface area contributed by atoms with Gasteiger partial charge in [-0.1, -0.05) is 19.1 Å². The molecule has 1 heterocycles. The summed E-state index contributed by atoms with van der Waals surface area (Å²) in [4.78, 5) is 14.1. The lowest BCUT2D eigenvalue weighted by Gasteiger charge is -2.30. The number of carbonyl (C=O) groups excluding carboxylic acids is 1. The molecule has 0 saturated carbocycles. The highest BCUT2D eigenvalue weighted by atomic mass is 19.1. The first-order valence-corrected chi connectivity index (χ1v) is 6.15. The minimum Gasteiger partial charge on any atom is -0.339 e. The number of carbonyl (C=O) groups is 1. The van der Waals surface area contributed by atoms with Crippen molar-refractivity contribution in [2.24, 2.45) is 5.92 Å². The Bertz CT molecular complexity index is 397. The molecule has 1 aromatic carbocycles. The fourth-order valence-electron chi connectivity index (χ4n) is 2.18. The highest BCUT2D eigenvalue weighted by Gasteiger charge is 2.21. The van der Waals surface area contributed by atoms with E-state index in [9.17, 15) is 9.18 Å². The van der Waals surface area contributed by atoms with Crippen molar-refractivity contribution < 1.29 is 9.18 Å². The van der Waals surface area contributed by atoms with Gasteiger partial charge in [-0.05, 0) is 36.5 Å². The Morgan fingerprint density at radius 1 is 1.41 bits per heavy atom. The third kappa shape index (κ3) is 2.84. The molecule has 1 aliphatic rings. The van der Waals surface area contributed by atoms with Gasteiger partial charge >= 0.3 is 0 Å². The largest absolute Gasteiger partial charge is 0.339 e. The van der Waals surface area contributed by atoms with Gasteiger partial charge < -0.3 is 4.90 Å². The molecule has 1 aliphatic heterocycles. The summed E-state index contributed by atoms with van der Waals surface area (Å²) in [5, 5.41) is 0. The normalized spacial score (nSPS) is 17.2. The van der Waals surface area contributed by atoms with Crippen LogP contribution in [0.3, 0.4) is 0 Å². The van der Waals surface area contributed by atoms with Crippen LogP contribution in [0.1, 0.15) is 35.7 Å². The monoisotopic (exact) mass is 235 g/mol. The smallest absolute Gasteiger partial charge is 0.253 e. The van der Waals surface area contributed by atoms with Gasteiger partial charge in [0.05, 0.1) is 0 Å². The lowest BCUT2D eigenvalue weighted by atomic mass is 9.98. The van der Waals surface area contributed by atoms with Gasteiger partial charge in [0.2, 0.25) is 0 Å². The van der Waals surface area contributed by atoms with Crippen LogP contribution in [0.5, 0.6) is 0 Å². The van der Waals surface area contributed by atoms with Crippen molar-refractivity contribution in [3.05, 3.63) is 35.4 Å². The summed E-state index contributed by atoms with van der Waals surface area (Å²) in [6.07, 6.45) is 2.13. The van der Waals surface area contributed by atoms with Crippen LogP contribution >= 0.6 is 0 Å². The molecule has 0 unspecified atom stereocenters. The molecule has 1 fully saturated rings. The number of benzene rings is 1. The Morgan fingerprint density at radius 3 is 2.76 bits per heavy atom. The molecule has 0 aromatic heterocycles. The molecule has 2 rings (SSSR count). The fourth-order valence-corrected chi connectivity index (χ4v) is 2.18. The number of hydrogen-bond acceptors (Lipinski definition) is 1. The van der Waals surface area contributed by atoms with Gasteiger partial charge in [-0.2, -0.15) is 0 Å². The van der Waals surface area contributed by atoms with E-state index in [2.05, 4.69) is 6.92 Å². The van der Waals surface area contributed by atoms with Crippen LogP contribution < -0.4 is 0 Å². The third-order valence-electron chi connectivity index (χ3n) is 3.40. The first-order valence-electron chi connectivity index (χ1n) is 6.15. The highest BCUT2D eigenvalue weighted by Crippen LogP contribution is 2.18. The predicted octanol–water partition coefficient (Wildman–Crippen LogP) is 3.03. The second-order valence-corrected chi connectivity index (χ2v) is 4.81. The molecule has 3 heteroatoms. The summed E-state index contributed by atoms with van der Waals surface area (Å²) in [5.41, 5.74) is 1.18. The van der Waals surface area contributed by atoms with E-state index in [1.165, 1.54) is 0 Å². The van der Waals surface area contributed by atoms with E-state index in [-0.39, 0.29) is 5.91 Å². The maximum Gasteiger partial charge on any atom is 0.253 e. The zero-order chi connectivity index (χ0) is 12.3. The summed E-state index contributed by atoms with van der Waals surface area (Å²) >= 11 is 0. The van der Waals surface area contributed by atoms with Crippen LogP contribution in [0, 0.1) is 5.92 Å². The van der Waals surface area contributed by atoms with E-state index in [1.807, 2.05) is 4.90 Å². The number of alkyl halides is 1. The van der Waals surface area contributed by atoms with Crippen molar-refractivity contribution in [2.75, 3.05) is 13.1 Å². The number of likely N-dealkylation sites (tertiary alicyclic amines) is 1. The summed E-state index contributed by atoms with van der Waals surface area (Å²) in [7, 11) is 0. The predicted molar refractivity (Wildman–Crippen MR) is 65.6 cm³/mol. The van der Waals surface area contributed by atoms with Crippen molar-refractivity contribution >= 4 is 5.91 Å². The van der Waals surface area contributed by atoms with Crippen molar-refractivity contribution in [2.45, 2.75) is 26.4 Å². The molecule has 0 radical (unpaired) electrons. The molecular formula is C14H18FNO. The van der Waals surface area contributed by atoms with Crippen LogP contribution in [0.4, 0.5) is 4.39 Å². The van der Waals surface area contributed by atoms with Gasteiger partial charge in [-0.25, -0.2) is 4.39 Å². The lowest BCUT2D eigenvalue weighted by Crippen LogP contribution is -2.37. The molecule has 0 aliphatic carbocycles. The van der Waals surface area contributed by atoms with Crippen LogP contribution in [-0.4, -0.2) is 23.9 Å². The van der Waals surface area contributed by atoms with E-state index >= 15 is 0 Å². The molecule has 0 bridgehead atoms. The first kappa shape index (κ1) is 12.1. The van der Waals surface area contributed by atoms with Crippen LogP contribution in [-0.2, 0) is 6.67 Å². The second kappa shape index (κ2) is 5.30. The summed E-state index contributed by atoms with van der Waals surface area (Å²) < 4.78 is 12.5. The van der Waals surface area contributed by atoms with Crippen LogP contribution in [0.25, 0.3) is 0 Å². The molecule has 1 aromatic rings. The number of rotatable bonds is 2. The topological polar surface area (TPSA) is 20.3 Å². The van der Waals surface area contributed by atoms with E-state index in [4.69, 9.17) is 0 Å². The van der Waals surface area contributed by atoms with Crippen molar-refractivity contribution in [3.63, 3.8) is 0 Å². The van der Waals surface area contributed by atoms with E-state index in [0.29, 0.717) is 17.0 Å². The summed E-state index contributed by atoms with van der Waals surface area (Å²) in [6.45, 7) is 3.34. The minimum absolute atomic E-state index is 0.0344. The van der Waals surface area contributed by atoms with Gasteiger partial charge in [0.1, 0.15) is 6.67 Å². The maximum atomic E-state index is 12.5. The minimum atomic E-state index is -0.516. The van der Waals surface area contributed by atoms with Gasteiger partial charge in [-0.15, -0.1) is 0 Å². The number of nitrogens with zero attached hydrogens (tertiary/aromatic N) is 1. The quantitative estimate of drug-likeness (QED) is 0.771. The van der Waals surface area contributed by atoms with E-state index in [0.717, 1.165) is 25.9 Å². The Kier molecular flexibility index (Phi) is 3.77. The Balaban J connectivity index is 2.08. The van der Waals surface area contributed by atoms with Gasteiger partial charge in [-0.3, -0.25) is 4.79 Å². The molecule has 2 nitrogen and oxygen atoms in total. The Labute approximate surface area is 101 Å². The first-order chi connectivity index (χ1) is 8.20. The fraction of sp³-hybridized carbons (Fsp3) is 0.500. The van der Waals surface area contributed by atoms with Gasteiger partial charge in [0.25, 0.3) is 5.91 Å². The van der Waals surface area contributed by atoms with Crippen molar-refractivity contribution in [1.82, 2.24) is 4.90 Å². The average Bonchev–Trinajstić information content (AvgIpc) is 2.39. The van der Waals surface area contributed by atoms with E-state index in [1.54, 1.807) is 24.3 Å². The lowest BCUT2D eigenvalue weighted by molar-refractivity contribution is 0.0697.